The minimum atomic E-state index is -0.475. The molecule has 4 heterocycles. The summed E-state index contributed by atoms with van der Waals surface area (Å²) in [5.74, 6) is -0.475. The number of carbonyl (C=O) groups is 1. The summed E-state index contributed by atoms with van der Waals surface area (Å²) in [6.45, 7) is 1.79. The molecule has 30 heavy (non-hydrogen) atoms. The highest BCUT2D eigenvalue weighted by atomic mass is 32.1. The van der Waals surface area contributed by atoms with Gasteiger partial charge in [-0.15, -0.1) is 22.7 Å². The lowest BCUT2D eigenvalue weighted by molar-refractivity contribution is 0.102. The number of likely N-dealkylation sites (N-methyl/N-ethyl adjacent to an activating group) is 1. The van der Waals surface area contributed by atoms with Gasteiger partial charge in [0.15, 0.2) is 10.1 Å². The van der Waals surface area contributed by atoms with Gasteiger partial charge in [0.05, 0.1) is 5.69 Å². The highest BCUT2D eigenvalue weighted by Gasteiger charge is 2.21. The summed E-state index contributed by atoms with van der Waals surface area (Å²) < 4.78 is 1.46. The number of fused-ring (bicyclic) bond motifs is 2. The van der Waals surface area contributed by atoms with Crippen molar-refractivity contribution < 1.29 is 4.79 Å². The van der Waals surface area contributed by atoms with Gasteiger partial charge < -0.3 is 4.90 Å². The van der Waals surface area contributed by atoms with Crippen LogP contribution in [0.3, 0.4) is 0 Å². The summed E-state index contributed by atoms with van der Waals surface area (Å²) in [6.07, 6.45) is 4.72. The molecule has 4 aromatic rings. The number of nitrogens with one attached hydrogen (secondary N) is 1. The smallest absolute Gasteiger partial charge is 0.271 e. The van der Waals surface area contributed by atoms with Crippen LogP contribution in [-0.4, -0.2) is 38.8 Å². The zero-order valence-electron chi connectivity index (χ0n) is 16.3. The molecule has 0 atom stereocenters. The predicted octanol–water partition coefficient (Wildman–Crippen LogP) is 3.04. The Kier molecular flexibility index (Phi) is 4.93. The molecule has 1 amide bonds. The molecule has 1 aliphatic rings. The average Bonchev–Trinajstić information content (AvgIpc) is 3.32. The third-order valence-corrected chi connectivity index (χ3v) is 7.06. The van der Waals surface area contributed by atoms with Crippen molar-refractivity contribution in [2.75, 3.05) is 18.9 Å². The van der Waals surface area contributed by atoms with Crippen molar-refractivity contribution >= 4 is 38.7 Å². The molecule has 0 unspecified atom stereocenters. The van der Waals surface area contributed by atoms with E-state index in [1.165, 1.54) is 33.3 Å². The number of benzene rings is 1. The number of thiazole rings is 2. The minimum absolute atomic E-state index is 0.0156. The van der Waals surface area contributed by atoms with Crippen LogP contribution in [0.25, 0.3) is 4.96 Å². The fourth-order valence-corrected chi connectivity index (χ4v) is 5.56. The number of hydrogen-bond donors (Lipinski definition) is 1. The molecule has 1 aliphatic heterocycles. The van der Waals surface area contributed by atoms with Gasteiger partial charge in [-0.3, -0.25) is 19.3 Å². The summed E-state index contributed by atoms with van der Waals surface area (Å²) in [5.41, 5.74) is 1.84. The molecule has 9 heteroatoms. The molecule has 5 rings (SSSR count). The molecule has 7 nitrogen and oxygen atoms in total. The van der Waals surface area contributed by atoms with E-state index in [0.29, 0.717) is 10.1 Å². The number of hydrogen-bond acceptors (Lipinski definition) is 7. The topological polar surface area (TPSA) is 79.6 Å². The van der Waals surface area contributed by atoms with Crippen molar-refractivity contribution in [1.29, 1.82) is 0 Å². The molecule has 0 spiro atoms. The van der Waals surface area contributed by atoms with Crippen molar-refractivity contribution in [3.05, 3.63) is 79.7 Å². The van der Waals surface area contributed by atoms with Gasteiger partial charge in [0.2, 0.25) is 0 Å². The SMILES string of the molecule is CN1CCc2nc(NC(=O)c3cnc4sc(Cc5ccccc5)cn4c3=O)sc2C1. The first-order valence-electron chi connectivity index (χ1n) is 9.59. The van der Waals surface area contributed by atoms with Gasteiger partial charge in [0.25, 0.3) is 11.5 Å². The van der Waals surface area contributed by atoms with Crippen molar-refractivity contribution in [2.45, 2.75) is 19.4 Å². The van der Waals surface area contributed by atoms with E-state index in [1.807, 2.05) is 30.3 Å². The normalized spacial score (nSPS) is 14.0. The van der Waals surface area contributed by atoms with Gasteiger partial charge in [-0.05, 0) is 12.6 Å². The lowest BCUT2D eigenvalue weighted by Crippen LogP contribution is -2.26. The molecule has 152 valence electrons. The lowest BCUT2D eigenvalue weighted by atomic mass is 10.1. The molecular formula is C21H19N5O2S2. The summed E-state index contributed by atoms with van der Waals surface area (Å²) in [4.78, 5) is 39.5. The summed E-state index contributed by atoms with van der Waals surface area (Å²) in [6, 6.07) is 10.0. The zero-order valence-corrected chi connectivity index (χ0v) is 17.9. The van der Waals surface area contributed by atoms with Crippen LogP contribution in [0.5, 0.6) is 0 Å². The lowest BCUT2D eigenvalue weighted by Gasteiger charge is -2.20. The largest absolute Gasteiger partial charge is 0.301 e. The third kappa shape index (κ3) is 3.67. The standard InChI is InChI=1S/C21H19N5O2S2/c1-25-8-7-16-17(12-25)30-20(23-16)24-18(27)15-10-22-21-26(19(15)28)11-14(29-21)9-13-5-3-2-4-6-13/h2-6,10-11H,7-9,12H2,1H3,(H,23,24,27). The van der Waals surface area contributed by atoms with E-state index in [1.54, 1.807) is 6.20 Å². The van der Waals surface area contributed by atoms with Crippen LogP contribution in [0.1, 0.15) is 31.4 Å². The Balaban J connectivity index is 1.39. The van der Waals surface area contributed by atoms with Crippen molar-refractivity contribution in [3.63, 3.8) is 0 Å². The first-order chi connectivity index (χ1) is 14.6. The monoisotopic (exact) mass is 437 g/mol. The summed E-state index contributed by atoms with van der Waals surface area (Å²) >= 11 is 2.92. The van der Waals surface area contributed by atoms with Crippen LogP contribution in [0.2, 0.25) is 0 Å². The molecule has 3 aromatic heterocycles. The van der Waals surface area contributed by atoms with Crippen LogP contribution in [-0.2, 0) is 19.4 Å². The molecule has 1 N–H and O–H groups in total. The van der Waals surface area contributed by atoms with E-state index in [-0.39, 0.29) is 11.1 Å². The van der Waals surface area contributed by atoms with E-state index >= 15 is 0 Å². The molecule has 0 saturated heterocycles. The third-order valence-electron chi connectivity index (χ3n) is 5.06. The maximum absolute atomic E-state index is 12.9. The second-order valence-corrected chi connectivity index (χ2v) is 9.50. The fraction of sp³-hybridized carbons (Fsp3) is 0.238. The summed E-state index contributed by atoms with van der Waals surface area (Å²) in [5, 5.41) is 3.31. The molecule has 1 aromatic carbocycles. The van der Waals surface area contributed by atoms with Gasteiger partial charge in [-0.2, -0.15) is 0 Å². The van der Waals surface area contributed by atoms with E-state index in [0.717, 1.165) is 46.9 Å². The Hall–Kier alpha value is -2.88. The average molecular weight is 438 g/mol. The number of anilines is 1. The Morgan fingerprint density at radius 1 is 1.23 bits per heavy atom. The van der Waals surface area contributed by atoms with E-state index in [2.05, 4.69) is 27.2 Å². The zero-order chi connectivity index (χ0) is 20.7. The minimum Gasteiger partial charge on any atom is -0.301 e. The molecule has 0 saturated carbocycles. The van der Waals surface area contributed by atoms with E-state index in [4.69, 9.17) is 0 Å². The van der Waals surface area contributed by atoms with Gasteiger partial charge in [-0.1, -0.05) is 30.3 Å². The fourth-order valence-electron chi connectivity index (χ4n) is 3.51. The Morgan fingerprint density at radius 2 is 2.07 bits per heavy atom. The van der Waals surface area contributed by atoms with E-state index in [9.17, 15) is 9.59 Å². The van der Waals surface area contributed by atoms with Gasteiger partial charge >= 0.3 is 0 Å². The number of rotatable bonds is 4. The quantitative estimate of drug-likeness (QED) is 0.531. The Labute approximate surface area is 180 Å². The van der Waals surface area contributed by atoms with Gasteiger partial charge in [-0.25, -0.2) is 9.97 Å². The molecule has 0 bridgehead atoms. The number of nitrogens with zero attached hydrogens (tertiary/aromatic N) is 4. The Bertz CT molecular complexity index is 1290. The predicted molar refractivity (Wildman–Crippen MR) is 119 cm³/mol. The molecular weight excluding hydrogens is 418 g/mol. The van der Waals surface area contributed by atoms with Crippen molar-refractivity contribution in [3.8, 4) is 0 Å². The van der Waals surface area contributed by atoms with Gasteiger partial charge in [0.1, 0.15) is 5.56 Å². The highest BCUT2D eigenvalue weighted by molar-refractivity contribution is 7.17. The first kappa shape index (κ1) is 19.1. The molecule has 0 fully saturated rings. The van der Waals surface area contributed by atoms with Crippen LogP contribution in [0, 0.1) is 0 Å². The second kappa shape index (κ2) is 7.75. The molecule has 0 radical (unpaired) electrons. The van der Waals surface area contributed by atoms with Crippen molar-refractivity contribution in [1.82, 2.24) is 19.3 Å². The van der Waals surface area contributed by atoms with Crippen LogP contribution in [0.4, 0.5) is 5.13 Å². The maximum atomic E-state index is 12.9. The Morgan fingerprint density at radius 3 is 2.90 bits per heavy atom. The second-order valence-electron chi connectivity index (χ2n) is 7.32. The van der Waals surface area contributed by atoms with Crippen LogP contribution >= 0.6 is 22.7 Å². The number of carbonyl (C=O) groups excluding carboxylic acids is 1. The summed E-state index contributed by atoms with van der Waals surface area (Å²) in [7, 11) is 2.07. The highest BCUT2D eigenvalue weighted by Crippen LogP contribution is 2.28. The maximum Gasteiger partial charge on any atom is 0.271 e. The van der Waals surface area contributed by atoms with Crippen LogP contribution < -0.4 is 10.9 Å². The van der Waals surface area contributed by atoms with Crippen molar-refractivity contribution in [2.24, 2.45) is 0 Å². The van der Waals surface area contributed by atoms with Crippen LogP contribution in [0.15, 0.2) is 47.5 Å². The number of aromatic nitrogens is 3. The number of amides is 1. The first-order valence-corrected chi connectivity index (χ1v) is 11.2. The molecule has 0 aliphatic carbocycles. The van der Waals surface area contributed by atoms with Gasteiger partial charge in [0, 0.05) is 48.1 Å². The van der Waals surface area contributed by atoms with E-state index < -0.39 is 5.91 Å².